The van der Waals surface area contributed by atoms with Gasteiger partial charge in [-0.1, -0.05) is 6.07 Å². The van der Waals surface area contributed by atoms with E-state index in [0.29, 0.717) is 35.7 Å². The van der Waals surface area contributed by atoms with Gasteiger partial charge in [-0.2, -0.15) is 5.26 Å². The number of piperidine rings is 1. The minimum Gasteiger partial charge on any atom is -0.494 e. The van der Waals surface area contributed by atoms with Gasteiger partial charge in [-0.25, -0.2) is 14.6 Å². The minimum atomic E-state index is -0.263. The van der Waals surface area contributed by atoms with Gasteiger partial charge in [0.15, 0.2) is 0 Å². The average Bonchev–Trinajstić information content (AvgIpc) is 3.49. The lowest BCUT2D eigenvalue weighted by Gasteiger charge is -2.40. The van der Waals surface area contributed by atoms with E-state index in [1.165, 1.54) is 0 Å². The lowest BCUT2D eigenvalue weighted by molar-refractivity contribution is 0.0115. The van der Waals surface area contributed by atoms with Crippen molar-refractivity contribution in [1.82, 2.24) is 35.1 Å². The van der Waals surface area contributed by atoms with Gasteiger partial charge in [0.05, 0.1) is 38.1 Å². The van der Waals surface area contributed by atoms with Crippen LogP contribution >= 0.6 is 0 Å². The number of morpholine rings is 1. The molecular weight excluding hydrogens is 572 g/mol. The normalized spacial score (nSPS) is 16.6. The van der Waals surface area contributed by atoms with Crippen molar-refractivity contribution >= 4 is 17.3 Å². The molecule has 2 aliphatic rings. The van der Waals surface area contributed by atoms with E-state index in [1.807, 2.05) is 32.0 Å². The van der Waals surface area contributed by atoms with Gasteiger partial charge in [0.25, 0.3) is 0 Å². The van der Waals surface area contributed by atoms with E-state index in [4.69, 9.17) is 14.2 Å². The van der Waals surface area contributed by atoms with Crippen molar-refractivity contribution in [3.63, 3.8) is 0 Å². The van der Waals surface area contributed by atoms with Crippen LogP contribution in [0.1, 0.15) is 31.2 Å². The number of aromatic nitrogens is 6. The second kappa shape index (κ2) is 13.9. The summed E-state index contributed by atoms with van der Waals surface area (Å²) in [6.07, 6.45) is 5.52. The molecule has 0 bridgehead atoms. The Bertz CT molecular complexity index is 1620. The smallest absolute Gasteiger partial charge is 0.227 e. The third-order valence-corrected chi connectivity index (χ3v) is 8.38. The molecule has 2 aromatic heterocycles. The van der Waals surface area contributed by atoms with E-state index in [9.17, 15) is 5.26 Å². The Labute approximate surface area is 262 Å². The molecule has 1 atom stereocenters. The fourth-order valence-corrected chi connectivity index (χ4v) is 5.88. The fourth-order valence-electron chi connectivity index (χ4n) is 5.88. The van der Waals surface area contributed by atoms with Crippen LogP contribution < -0.4 is 19.7 Å². The number of rotatable bonds is 10. The van der Waals surface area contributed by atoms with E-state index in [2.05, 4.69) is 58.8 Å². The Kier molecular flexibility index (Phi) is 9.33. The quantitative estimate of drug-likeness (QED) is 0.279. The first kappa shape index (κ1) is 30.2. The number of anilines is 3. The minimum absolute atomic E-state index is 0.263. The van der Waals surface area contributed by atoms with Crippen LogP contribution in [0.5, 0.6) is 11.5 Å². The van der Waals surface area contributed by atoms with Crippen molar-refractivity contribution in [1.29, 1.82) is 5.26 Å². The number of nitrogens with one attached hydrogen (secondary N) is 1. The van der Waals surface area contributed by atoms with Gasteiger partial charge in [0.1, 0.15) is 29.5 Å². The Hall–Kier alpha value is -4.80. The molecule has 0 aliphatic carbocycles. The van der Waals surface area contributed by atoms with Gasteiger partial charge in [-0.15, -0.1) is 5.10 Å². The Morgan fingerprint density at radius 2 is 1.80 bits per heavy atom. The summed E-state index contributed by atoms with van der Waals surface area (Å²) in [6.45, 7) is 9.98. The van der Waals surface area contributed by atoms with Gasteiger partial charge in [0, 0.05) is 61.9 Å². The summed E-state index contributed by atoms with van der Waals surface area (Å²) < 4.78 is 19.1. The molecule has 2 aromatic carbocycles. The van der Waals surface area contributed by atoms with Gasteiger partial charge in [0.2, 0.25) is 5.95 Å². The number of benzene rings is 2. The van der Waals surface area contributed by atoms with E-state index in [1.54, 1.807) is 30.3 Å². The van der Waals surface area contributed by atoms with Gasteiger partial charge >= 0.3 is 0 Å². The Morgan fingerprint density at radius 1 is 1.02 bits per heavy atom. The maximum atomic E-state index is 9.64. The van der Waals surface area contributed by atoms with Crippen LogP contribution in [0.25, 0.3) is 11.1 Å². The summed E-state index contributed by atoms with van der Waals surface area (Å²) in [5.74, 6) is 2.35. The van der Waals surface area contributed by atoms with Crippen LogP contribution in [-0.2, 0) is 11.3 Å². The van der Waals surface area contributed by atoms with Crippen molar-refractivity contribution in [2.24, 2.45) is 0 Å². The molecular formula is C32H38N10O3. The van der Waals surface area contributed by atoms with Crippen molar-refractivity contribution in [3.05, 3.63) is 60.2 Å². The highest BCUT2D eigenvalue weighted by molar-refractivity contribution is 5.70. The Balaban J connectivity index is 1.10. The van der Waals surface area contributed by atoms with Crippen molar-refractivity contribution in [2.45, 2.75) is 45.4 Å². The summed E-state index contributed by atoms with van der Waals surface area (Å²) in [5, 5.41) is 24.5. The number of nitrogens with zero attached hydrogens (tertiary/aromatic N) is 9. The zero-order valence-corrected chi connectivity index (χ0v) is 25.9. The monoisotopic (exact) mass is 610 g/mol. The predicted molar refractivity (Wildman–Crippen MR) is 169 cm³/mol. The average molecular weight is 611 g/mol. The highest BCUT2D eigenvalue weighted by Crippen LogP contribution is 2.34. The van der Waals surface area contributed by atoms with E-state index >= 15 is 0 Å². The van der Waals surface area contributed by atoms with E-state index in [0.717, 1.165) is 80.5 Å². The molecule has 4 heterocycles. The summed E-state index contributed by atoms with van der Waals surface area (Å²) in [7, 11) is 1.67. The fraction of sp³-hybridized carbons (Fsp3) is 0.438. The van der Waals surface area contributed by atoms with Crippen LogP contribution in [-0.4, -0.2) is 93.7 Å². The summed E-state index contributed by atoms with van der Waals surface area (Å²) in [6, 6.07) is 14.5. The number of hydrogen-bond acceptors (Lipinski definition) is 12. The Morgan fingerprint density at radius 3 is 2.49 bits per heavy atom. The summed E-state index contributed by atoms with van der Waals surface area (Å²) in [5.41, 5.74) is 4.01. The zero-order valence-electron chi connectivity index (χ0n) is 25.9. The van der Waals surface area contributed by atoms with E-state index < -0.39 is 0 Å². The highest BCUT2D eigenvalue weighted by Gasteiger charge is 2.26. The molecule has 4 aromatic rings. The molecule has 0 radical (unpaired) electrons. The molecule has 6 rings (SSSR count). The maximum Gasteiger partial charge on any atom is 0.227 e. The molecule has 1 unspecified atom stereocenters. The molecule has 1 N–H and O–H groups in total. The maximum absolute atomic E-state index is 9.64. The van der Waals surface area contributed by atoms with Gasteiger partial charge < -0.3 is 24.4 Å². The molecule has 13 heteroatoms. The molecule has 234 valence electrons. The van der Waals surface area contributed by atoms with Crippen LogP contribution in [0.2, 0.25) is 0 Å². The number of nitriles is 1. The number of aryl methyl sites for hydroxylation is 1. The molecule has 45 heavy (non-hydrogen) atoms. The summed E-state index contributed by atoms with van der Waals surface area (Å²) >= 11 is 0. The van der Waals surface area contributed by atoms with E-state index in [-0.39, 0.29) is 6.10 Å². The molecule has 2 aliphatic heterocycles. The number of ether oxygens (including phenoxy) is 3. The largest absolute Gasteiger partial charge is 0.494 e. The second-order valence-electron chi connectivity index (χ2n) is 11.3. The van der Waals surface area contributed by atoms with Crippen LogP contribution in [0.15, 0.2) is 48.8 Å². The molecule has 0 amide bonds. The first-order chi connectivity index (χ1) is 22.0. The molecule has 13 nitrogen and oxygen atoms in total. The van der Waals surface area contributed by atoms with Crippen LogP contribution in [0.4, 0.5) is 17.3 Å². The van der Waals surface area contributed by atoms with Crippen LogP contribution in [0, 0.1) is 18.3 Å². The molecule has 2 fully saturated rings. The van der Waals surface area contributed by atoms with Crippen LogP contribution in [0.3, 0.4) is 0 Å². The first-order valence-corrected chi connectivity index (χ1v) is 15.3. The lowest BCUT2D eigenvalue weighted by Crippen LogP contribution is -2.49. The van der Waals surface area contributed by atoms with Crippen molar-refractivity contribution < 1.29 is 14.2 Å². The first-order valence-electron chi connectivity index (χ1n) is 15.3. The second-order valence-corrected chi connectivity index (χ2v) is 11.3. The topological polar surface area (TPSA) is 139 Å². The summed E-state index contributed by atoms with van der Waals surface area (Å²) in [4.78, 5) is 14.1. The molecule has 2 saturated heterocycles. The predicted octanol–water partition coefficient (Wildman–Crippen LogP) is 3.83. The van der Waals surface area contributed by atoms with Gasteiger partial charge in [-0.3, -0.25) is 4.90 Å². The lowest BCUT2D eigenvalue weighted by atomic mass is 10.0. The van der Waals surface area contributed by atoms with Crippen molar-refractivity contribution in [3.8, 4) is 28.7 Å². The number of methoxy groups -OCH3 is 1. The third kappa shape index (κ3) is 7.13. The standard InChI is InChI=1S/C32H38N10O3/c1-22(21-42-23(2)37-38-39-42)45-30-16-24(4-5-25(30)18-33)26-19-34-32(35-20-26)36-29-7-6-28(17-31(29)43-3)40-10-8-27(9-11-40)41-12-14-44-15-13-41/h4-7,16-17,19-20,22,27H,8-15,21H2,1-3H3,(H,34,35,36). The third-order valence-electron chi connectivity index (χ3n) is 8.38. The highest BCUT2D eigenvalue weighted by atomic mass is 16.5. The van der Waals surface area contributed by atoms with Gasteiger partial charge in [-0.05, 0) is 66.9 Å². The molecule has 0 saturated carbocycles. The zero-order chi connectivity index (χ0) is 31.2. The molecule has 0 spiro atoms. The van der Waals surface area contributed by atoms with Crippen molar-refractivity contribution in [2.75, 3.05) is 56.7 Å². The number of tetrazole rings is 1. The number of hydrogen-bond donors (Lipinski definition) is 1. The SMILES string of the molecule is COc1cc(N2CCC(N3CCOCC3)CC2)ccc1Nc1ncc(-c2ccc(C#N)c(OC(C)Cn3nnnc3C)c2)cn1.